The van der Waals surface area contributed by atoms with E-state index in [1.54, 1.807) is 0 Å². The predicted molar refractivity (Wildman–Crippen MR) is 110 cm³/mol. The number of aromatic amines is 1. The molecule has 1 fully saturated rings. The Morgan fingerprint density at radius 1 is 1.18 bits per heavy atom. The third-order valence-electron chi connectivity index (χ3n) is 6.62. The minimum atomic E-state index is 0.0181. The summed E-state index contributed by atoms with van der Waals surface area (Å²) in [5, 5.41) is 9.07. The van der Waals surface area contributed by atoms with Crippen LogP contribution in [0.2, 0.25) is 5.02 Å². The van der Waals surface area contributed by atoms with Crippen molar-refractivity contribution in [1.29, 1.82) is 0 Å². The lowest BCUT2D eigenvalue weighted by atomic mass is 9.74. The molecule has 5 nitrogen and oxygen atoms in total. The number of aromatic nitrogens is 4. The molecule has 0 bridgehead atoms. The second-order valence-corrected chi connectivity index (χ2v) is 8.72. The van der Waals surface area contributed by atoms with Crippen LogP contribution in [-0.4, -0.2) is 31.2 Å². The number of imidazole rings is 1. The molecule has 0 spiro atoms. The molecule has 3 aromatic rings. The van der Waals surface area contributed by atoms with Gasteiger partial charge in [0.05, 0.1) is 17.7 Å². The maximum absolute atomic E-state index is 6.17. The van der Waals surface area contributed by atoms with Crippen LogP contribution in [0.15, 0.2) is 36.8 Å². The van der Waals surface area contributed by atoms with E-state index in [1.165, 1.54) is 41.1 Å². The van der Waals surface area contributed by atoms with E-state index in [0.717, 1.165) is 43.9 Å². The minimum Gasteiger partial charge on any atom is -0.337 e. The third-order valence-corrected chi connectivity index (χ3v) is 6.87. The Hall–Kier alpha value is -2.11. The molecule has 1 saturated carbocycles. The summed E-state index contributed by atoms with van der Waals surface area (Å²) in [6, 6.07) is 8.44. The monoisotopic (exact) mass is 395 g/mol. The minimum absolute atomic E-state index is 0.0181. The van der Waals surface area contributed by atoms with Crippen molar-refractivity contribution in [3.8, 4) is 0 Å². The second kappa shape index (κ2) is 7.05. The first-order valence-electron chi connectivity index (χ1n) is 10.2. The molecule has 5 rings (SSSR count). The van der Waals surface area contributed by atoms with Crippen molar-refractivity contribution in [2.45, 2.75) is 50.6 Å². The van der Waals surface area contributed by atoms with Crippen LogP contribution in [0.5, 0.6) is 0 Å². The van der Waals surface area contributed by atoms with E-state index < -0.39 is 0 Å². The van der Waals surface area contributed by atoms with Crippen LogP contribution in [0.4, 0.5) is 0 Å². The maximum Gasteiger partial charge on any atom is 0.0945 e. The molecule has 6 heteroatoms. The van der Waals surface area contributed by atoms with Crippen LogP contribution in [0.1, 0.15) is 53.9 Å². The number of nitrogens with zero attached hydrogens (tertiary/aromatic N) is 4. The summed E-state index contributed by atoms with van der Waals surface area (Å²) in [5.74, 6) is 0. The summed E-state index contributed by atoms with van der Waals surface area (Å²) in [6.07, 6.45) is 9.70. The Kier molecular flexibility index (Phi) is 4.52. The van der Waals surface area contributed by atoms with Crippen LogP contribution in [-0.2, 0) is 32.0 Å². The Labute approximate surface area is 170 Å². The van der Waals surface area contributed by atoms with Gasteiger partial charge in [-0.05, 0) is 30.5 Å². The SMILES string of the molecule is Cn1cncc1CN1CCc2[nH]nc(C3(c4ccc(Cl)cc4)CCCC3)c2C1. The molecule has 1 aliphatic carbocycles. The fourth-order valence-electron chi connectivity index (χ4n) is 5.06. The molecular formula is C22H26ClN5. The largest absolute Gasteiger partial charge is 0.337 e. The van der Waals surface area contributed by atoms with Crippen LogP contribution in [0.25, 0.3) is 0 Å². The van der Waals surface area contributed by atoms with Gasteiger partial charge < -0.3 is 4.57 Å². The molecule has 1 aromatic carbocycles. The Morgan fingerprint density at radius 3 is 2.68 bits per heavy atom. The van der Waals surface area contributed by atoms with Gasteiger partial charge in [0.2, 0.25) is 0 Å². The molecule has 28 heavy (non-hydrogen) atoms. The first kappa shape index (κ1) is 18.0. The van der Waals surface area contributed by atoms with Gasteiger partial charge in [-0.15, -0.1) is 0 Å². The van der Waals surface area contributed by atoms with E-state index in [0.29, 0.717) is 0 Å². The van der Waals surface area contributed by atoms with E-state index in [2.05, 4.69) is 38.7 Å². The van der Waals surface area contributed by atoms with Crippen LogP contribution >= 0.6 is 11.6 Å². The Morgan fingerprint density at radius 2 is 1.96 bits per heavy atom. The highest BCUT2D eigenvalue weighted by Gasteiger charge is 2.42. The van der Waals surface area contributed by atoms with Gasteiger partial charge in [0.25, 0.3) is 0 Å². The smallest absolute Gasteiger partial charge is 0.0945 e. The van der Waals surface area contributed by atoms with Gasteiger partial charge in [0.15, 0.2) is 0 Å². The number of nitrogens with one attached hydrogen (secondary N) is 1. The molecule has 0 saturated heterocycles. The summed E-state index contributed by atoms with van der Waals surface area (Å²) in [5.41, 5.74) is 6.61. The molecule has 0 amide bonds. The fraction of sp³-hybridized carbons (Fsp3) is 0.455. The molecule has 2 aromatic heterocycles. The summed E-state index contributed by atoms with van der Waals surface area (Å²) in [6.45, 7) is 2.92. The highest BCUT2D eigenvalue weighted by atomic mass is 35.5. The second-order valence-electron chi connectivity index (χ2n) is 8.28. The van der Waals surface area contributed by atoms with Gasteiger partial charge in [-0.2, -0.15) is 5.10 Å². The fourth-order valence-corrected chi connectivity index (χ4v) is 5.18. The van der Waals surface area contributed by atoms with E-state index in [-0.39, 0.29) is 5.41 Å². The van der Waals surface area contributed by atoms with Gasteiger partial charge >= 0.3 is 0 Å². The summed E-state index contributed by atoms with van der Waals surface area (Å²) in [7, 11) is 2.06. The molecule has 1 aliphatic heterocycles. The molecule has 0 unspecified atom stereocenters. The normalized spacial score (nSPS) is 19.1. The summed E-state index contributed by atoms with van der Waals surface area (Å²) in [4.78, 5) is 6.78. The number of rotatable bonds is 4. The van der Waals surface area contributed by atoms with E-state index in [9.17, 15) is 0 Å². The molecule has 0 radical (unpaired) electrons. The van der Waals surface area contributed by atoms with Crippen LogP contribution < -0.4 is 0 Å². The molecule has 0 atom stereocenters. The summed E-state index contributed by atoms with van der Waals surface area (Å²) >= 11 is 6.17. The van der Waals surface area contributed by atoms with Gasteiger partial charge in [-0.1, -0.05) is 36.6 Å². The lowest BCUT2D eigenvalue weighted by molar-refractivity contribution is 0.237. The van der Waals surface area contributed by atoms with E-state index in [4.69, 9.17) is 16.7 Å². The standard InChI is InChI=1S/C22H26ClN5/c1-27-15-24-12-18(27)13-28-11-8-20-19(14-28)21(26-25-20)22(9-2-3-10-22)16-4-6-17(23)7-5-16/h4-7,12,15H,2-3,8-11,13-14H2,1H3,(H,25,26). The number of fused-ring (bicyclic) bond motifs is 1. The topological polar surface area (TPSA) is 49.7 Å². The van der Waals surface area contributed by atoms with Crippen molar-refractivity contribution < 1.29 is 0 Å². The number of H-pyrrole nitrogens is 1. The first-order chi connectivity index (χ1) is 13.7. The van der Waals surface area contributed by atoms with Crippen molar-refractivity contribution in [3.63, 3.8) is 0 Å². The predicted octanol–water partition coefficient (Wildman–Crippen LogP) is 4.22. The van der Waals surface area contributed by atoms with Gasteiger partial charge in [-0.25, -0.2) is 4.98 Å². The van der Waals surface area contributed by atoms with Crippen molar-refractivity contribution in [2.24, 2.45) is 7.05 Å². The quantitative estimate of drug-likeness (QED) is 0.719. The van der Waals surface area contributed by atoms with Crippen LogP contribution in [0.3, 0.4) is 0 Å². The zero-order chi connectivity index (χ0) is 19.1. The molecule has 1 N–H and O–H groups in total. The average Bonchev–Trinajstić information content (AvgIpc) is 3.43. The first-order valence-corrected chi connectivity index (χ1v) is 10.5. The molecular weight excluding hydrogens is 370 g/mol. The van der Waals surface area contributed by atoms with Crippen molar-refractivity contribution in [1.82, 2.24) is 24.6 Å². The number of halogens is 1. The number of benzene rings is 1. The van der Waals surface area contributed by atoms with Gasteiger partial charge in [-0.3, -0.25) is 10.00 Å². The number of aryl methyl sites for hydroxylation is 1. The third kappa shape index (κ3) is 2.97. The van der Waals surface area contributed by atoms with Gasteiger partial charge in [0.1, 0.15) is 0 Å². The molecule has 2 aliphatic rings. The number of hydrogen-bond donors (Lipinski definition) is 1. The van der Waals surface area contributed by atoms with Gasteiger partial charge in [0, 0.05) is 61.0 Å². The van der Waals surface area contributed by atoms with Crippen molar-refractivity contribution in [3.05, 3.63) is 70.0 Å². The highest BCUT2D eigenvalue weighted by Crippen LogP contribution is 2.48. The van der Waals surface area contributed by atoms with Crippen molar-refractivity contribution in [2.75, 3.05) is 6.54 Å². The van der Waals surface area contributed by atoms with Crippen LogP contribution in [0, 0.1) is 0 Å². The van der Waals surface area contributed by atoms with Crippen molar-refractivity contribution >= 4 is 11.6 Å². The Balaban J connectivity index is 1.49. The average molecular weight is 396 g/mol. The number of hydrogen-bond acceptors (Lipinski definition) is 3. The van der Waals surface area contributed by atoms with E-state index >= 15 is 0 Å². The van der Waals surface area contributed by atoms with E-state index in [1.807, 2.05) is 24.7 Å². The lowest BCUT2D eigenvalue weighted by Gasteiger charge is -2.32. The Bertz CT molecular complexity index is 965. The lowest BCUT2D eigenvalue weighted by Crippen LogP contribution is -2.33. The zero-order valence-electron chi connectivity index (χ0n) is 16.3. The summed E-state index contributed by atoms with van der Waals surface area (Å²) < 4.78 is 2.11. The molecule has 3 heterocycles. The maximum atomic E-state index is 6.17. The molecule has 146 valence electrons. The zero-order valence-corrected chi connectivity index (χ0v) is 17.0. The highest BCUT2D eigenvalue weighted by molar-refractivity contribution is 6.30.